The number of rotatable bonds is 35. The summed E-state index contributed by atoms with van der Waals surface area (Å²) in [5.74, 6) is 0. The van der Waals surface area contributed by atoms with Crippen molar-refractivity contribution in [3.05, 3.63) is 0 Å². The van der Waals surface area contributed by atoms with Crippen LogP contribution in [0.1, 0.15) is 212 Å². The van der Waals surface area contributed by atoms with Crippen LogP contribution >= 0.6 is 30.2 Å². The Hall–Kier alpha value is 0.880. The van der Waals surface area contributed by atoms with E-state index in [1.807, 2.05) is 0 Å². The van der Waals surface area contributed by atoms with E-state index in [1.54, 1.807) is 0 Å². The van der Waals surface area contributed by atoms with Crippen molar-refractivity contribution in [3.63, 3.8) is 0 Å². The summed E-state index contributed by atoms with van der Waals surface area (Å²) < 4.78 is 12.1. The van der Waals surface area contributed by atoms with Gasteiger partial charge in [0, 0.05) is 6.16 Å². The maximum Gasteiger partial charge on any atom is 0.325 e. The molecular formula is C35H72IO3P. The van der Waals surface area contributed by atoms with Gasteiger partial charge in [0.2, 0.25) is 0 Å². The lowest BCUT2D eigenvalue weighted by molar-refractivity contribution is 0.370. The van der Waals surface area contributed by atoms with E-state index in [1.165, 1.54) is 197 Å². The fourth-order valence-corrected chi connectivity index (χ4v) is 7.07. The minimum atomic E-state index is -3.77. The molecule has 0 unspecified atom stereocenters. The molecule has 0 rings (SSSR count). The largest absolute Gasteiger partial charge is 0.325 e. The Morgan fingerprint density at radius 2 is 0.450 bits per heavy atom. The molecule has 0 aliphatic carbocycles. The van der Waals surface area contributed by atoms with Gasteiger partial charge in [0.25, 0.3) is 0 Å². The number of alkyl halides is 1. The Kier molecular flexibility index (Phi) is 35.1. The van der Waals surface area contributed by atoms with Gasteiger partial charge in [-0.2, -0.15) is 0 Å². The van der Waals surface area contributed by atoms with Gasteiger partial charge in [-0.1, -0.05) is 222 Å². The molecule has 0 saturated carbocycles. The first-order valence-electron chi connectivity index (χ1n) is 18.2. The van der Waals surface area contributed by atoms with Crippen LogP contribution in [-0.2, 0) is 4.57 Å². The van der Waals surface area contributed by atoms with Crippen LogP contribution in [0.15, 0.2) is 0 Å². The van der Waals surface area contributed by atoms with Gasteiger partial charge in [0.05, 0.1) is 0 Å². The highest BCUT2D eigenvalue weighted by Crippen LogP contribution is 2.35. The van der Waals surface area contributed by atoms with Gasteiger partial charge >= 0.3 is 7.60 Å². The van der Waals surface area contributed by atoms with E-state index in [0.29, 0.717) is 6.42 Å². The van der Waals surface area contributed by atoms with E-state index in [9.17, 15) is 4.57 Å². The van der Waals surface area contributed by atoms with Gasteiger partial charge in [-0.05, 0) is 17.3 Å². The smallest absolute Gasteiger partial charge is 0.324 e. The number of unbranched alkanes of at least 4 members (excludes halogenated alkanes) is 32. The molecule has 0 radical (unpaired) electrons. The Morgan fingerprint density at radius 1 is 0.300 bits per heavy atom. The molecule has 0 aliphatic rings. The van der Waals surface area contributed by atoms with Crippen LogP contribution in [0, 0.1) is 0 Å². The standard InChI is InChI=1S/C35H72IO3P/c36-34-32-30-28-26-24-22-20-18-16-14-12-10-8-6-4-2-1-3-5-7-9-11-13-15-17-19-21-23-25-27-29-31-33-35-40(37,38)39/h1-35H2,(H2,37,38,39). The molecule has 40 heavy (non-hydrogen) atoms. The second-order valence-corrected chi connectivity index (χ2v) is 15.6. The minimum absolute atomic E-state index is 0.0620. The molecule has 0 amide bonds. The number of hydrogen-bond acceptors (Lipinski definition) is 1. The molecule has 0 fully saturated rings. The average Bonchev–Trinajstić information content (AvgIpc) is 2.92. The van der Waals surface area contributed by atoms with Crippen LogP contribution in [0.2, 0.25) is 0 Å². The second-order valence-electron chi connectivity index (χ2n) is 12.7. The number of hydrogen-bond donors (Lipinski definition) is 2. The highest BCUT2D eigenvalue weighted by Gasteiger charge is 2.10. The quantitative estimate of drug-likeness (QED) is 0.0300. The summed E-state index contributed by atoms with van der Waals surface area (Å²) in [7, 11) is -3.77. The van der Waals surface area contributed by atoms with Gasteiger partial charge in [0.15, 0.2) is 0 Å². The van der Waals surface area contributed by atoms with E-state index in [2.05, 4.69) is 22.6 Å². The zero-order valence-electron chi connectivity index (χ0n) is 26.9. The lowest BCUT2D eigenvalue weighted by Crippen LogP contribution is -1.88. The topological polar surface area (TPSA) is 57.5 Å². The lowest BCUT2D eigenvalue weighted by Gasteiger charge is -2.05. The molecule has 242 valence electrons. The summed E-state index contributed by atoms with van der Waals surface area (Å²) in [6, 6.07) is 0. The van der Waals surface area contributed by atoms with Crippen LogP contribution in [0.5, 0.6) is 0 Å². The summed E-state index contributed by atoms with van der Waals surface area (Å²) in [5.41, 5.74) is 0. The van der Waals surface area contributed by atoms with Crippen molar-refractivity contribution >= 4 is 30.2 Å². The fourth-order valence-electron chi connectivity index (χ4n) is 5.89. The van der Waals surface area contributed by atoms with Crippen molar-refractivity contribution in [1.82, 2.24) is 0 Å². The molecule has 0 atom stereocenters. The third-order valence-electron chi connectivity index (χ3n) is 8.58. The molecule has 0 aromatic carbocycles. The van der Waals surface area contributed by atoms with Crippen LogP contribution in [0.3, 0.4) is 0 Å². The average molecular weight is 699 g/mol. The summed E-state index contributed by atoms with van der Waals surface area (Å²) >= 11 is 2.50. The van der Waals surface area contributed by atoms with Gasteiger partial charge in [0.1, 0.15) is 0 Å². The highest BCUT2D eigenvalue weighted by molar-refractivity contribution is 14.1. The van der Waals surface area contributed by atoms with Crippen molar-refractivity contribution in [2.75, 3.05) is 10.6 Å². The molecule has 0 aliphatic heterocycles. The minimum Gasteiger partial charge on any atom is -0.324 e. The SMILES string of the molecule is O=P(O)(O)CCCCCCCCCCCCCCCCCCCCCCCCCCCCCCCCCCCI. The van der Waals surface area contributed by atoms with Crippen LogP contribution in [-0.4, -0.2) is 20.4 Å². The van der Waals surface area contributed by atoms with E-state index >= 15 is 0 Å². The Bertz CT molecular complexity index is 511. The first kappa shape index (κ1) is 40.9. The summed E-state index contributed by atoms with van der Waals surface area (Å²) in [5, 5.41) is 0. The molecule has 0 saturated heterocycles. The van der Waals surface area contributed by atoms with Crippen LogP contribution in [0.4, 0.5) is 0 Å². The third kappa shape index (κ3) is 38.9. The molecule has 0 spiro atoms. The Morgan fingerprint density at radius 3 is 0.600 bits per heavy atom. The molecule has 5 heteroatoms. The van der Waals surface area contributed by atoms with Gasteiger partial charge in [-0.25, -0.2) is 0 Å². The molecule has 0 aromatic heterocycles. The van der Waals surface area contributed by atoms with E-state index in [0.717, 1.165) is 12.8 Å². The first-order valence-corrected chi connectivity index (χ1v) is 21.5. The lowest BCUT2D eigenvalue weighted by atomic mass is 10.0. The number of halogens is 1. The van der Waals surface area contributed by atoms with E-state index < -0.39 is 7.60 Å². The van der Waals surface area contributed by atoms with Crippen molar-refractivity contribution in [3.8, 4) is 0 Å². The van der Waals surface area contributed by atoms with Crippen LogP contribution in [0.25, 0.3) is 0 Å². The monoisotopic (exact) mass is 698 g/mol. The van der Waals surface area contributed by atoms with Gasteiger partial charge < -0.3 is 9.79 Å². The van der Waals surface area contributed by atoms with Crippen molar-refractivity contribution < 1.29 is 14.4 Å². The zero-order valence-corrected chi connectivity index (χ0v) is 29.9. The summed E-state index contributed by atoms with van der Waals surface area (Å²) in [6.07, 6.45) is 45.9. The predicted molar refractivity (Wildman–Crippen MR) is 188 cm³/mol. The normalized spacial score (nSPS) is 12.0. The van der Waals surface area contributed by atoms with Crippen molar-refractivity contribution in [2.24, 2.45) is 0 Å². The van der Waals surface area contributed by atoms with Crippen molar-refractivity contribution in [2.45, 2.75) is 212 Å². The van der Waals surface area contributed by atoms with Crippen molar-refractivity contribution in [1.29, 1.82) is 0 Å². The molecular weight excluding hydrogens is 626 g/mol. The van der Waals surface area contributed by atoms with Gasteiger partial charge in [-0.15, -0.1) is 0 Å². The summed E-state index contributed by atoms with van der Waals surface area (Å²) in [4.78, 5) is 17.7. The predicted octanol–water partition coefficient (Wildman–Crippen LogP) is 13.5. The molecule has 3 nitrogen and oxygen atoms in total. The zero-order chi connectivity index (χ0) is 29.2. The Labute approximate surface area is 265 Å². The van der Waals surface area contributed by atoms with Gasteiger partial charge in [-0.3, -0.25) is 4.57 Å². The molecule has 2 N–H and O–H groups in total. The molecule has 0 bridgehead atoms. The highest BCUT2D eigenvalue weighted by atomic mass is 127. The van der Waals surface area contributed by atoms with E-state index in [-0.39, 0.29) is 6.16 Å². The molecule has 0 aromatic rings. The fraction of sp³-hybridized carbons (Fsp3) is 1.00. The second kappa shape index (κ2) is 34.4. The Balaban J connectivity index is 3.04. The third-order valence-corrected chi connectivity index (χ3v) is 10.2. The first-order chi connectivity index (χ1) is 19.6. The maximum atomic E-state index is 10.8. The summed E-state index contributed by atoms with van der Waals surface area (Å²) in [6.45, 7) is 0. The molecule has 0 heterocycles. The maximum absolute atomic E-state index is 10.8. The van der Waals surface area contributed by atoms with Crippen LogP contribution < -0.4 is 0 Å². The van der Waals surface area contributed by atoms with E-state index in [4.69, 9.17) is 9.79 Å².